The first-order chi connectivity index (χ1) is 9.11. The molecule has 2 atom stereocenters. The van der Waals surface area contributed by atoms with Gasteiger partial charge in [-0.25, -0.2) is 0 Å². The van der Waals surface area contributed by atoms with Gasteiger partial charge in [0, 0.05) is 19.1 Å². The molecular weight excluding hydrogens is 236 g/mol. The van der Waals surface area contributed by atoms with Crippen LogP contribution in [0.3, 0.4) is 0 Å². The molecule has 2 N–H and O–H groups in total. The van der Waals surface area contributed by atoms with E-state index in [-0.39, 0.29) is 11.9 Å². The molecule has 2 unspecified atom stereocenters. The van der Waals surface area contributed by atoms with Crippen molar-refractivity contribution >= 4 is 5.91 Å². The molecular formula is C16H24N2O. The normalized spacial score (nSPS) is 23.4. The van der Waals surface area contributed by atoms with Crippen molar-refractivity contribution in [1.29, 1.82) is 0 Å². The van der Waals surface area contributed by atoms with Crippen LogP contribution >= 0.6 is 0 Å². The van der Waals surface area contributed by atoms with E-state index < -0.39 is 0 Å². The second-order valence-electron chi connectivity index (χ2n) is 5.71. The molecule has 1 heterocycles. The summed E-state index contributed by atoms with van der Waals surface area (Å²) in [5.74, 6) is 0.896. The summed E-state index contributed by atoms with van der Waals surface area (Å²) in [7, 11) is 0. The second-order valence-corrected chi connectivity index (χ2v) is 5.71. The third-order valence-electron chi connectivity index (χ3n) is 4.17. The molecule has 1 fully saturated rings. The highest BCUT2D eigenvalue weighted by atomic mass is 16.2. The minimum absolute atomic E-state index is 0.219. The van der Waals surface area contributed by atoms with Crippen LogP contribution in [0.5, 0.6) is 0 Å². The van der Waals surface area contributed by atoms with Crippen LogP contribution in [0, 0.1) is 12.8 Å². The van der Waals surface area contributed by atoms with E-state index in [1.807, 2.05) is 23.1 Å². The van der Waals surface area contributed by atoms with Gasteiger partial charge in [0.05, 0.1) is 6.42 Å². The first kappa shape index (κ1) is 14.1. The van der Waals surface area contributed by atoms with E-state index in [0.29, 0.717) is 18.9 Å². The summed E-state index contributed by atoms with van der Waals surface area (Å²) >= 11 is 0. The molecule has 1 saturated heterocycles. The largest absolute Gasteiger partial charge is 0.338 e. The number of amides is 1. The molecule has 19 heavy (non-hydrogen) atoms. The van der Waals surface area contributed by atoms with Gasteiger partial charge < -0.3 is 10.6 Å². The summed E-state index contributed by atoms with van der Waals surface area (Å²) in [6.07, 6.45) is 2.63. The van der Waals surface area contributed by atoms with Crippen LogP contribution in [0.25, 0.3) is 0 Å². The van der Waals surface area contributed by atoms with Crippen LogP contribution in [-0.4, -0.2) is 29.9 Å². The first-order valence-electron chi connectivity index (χ1n) is 7.16. The fraction of sp³-hybridized carbons (Fsp3) is 0.562. The molecule has 0 aliphatic carbocycles. The Morgan fingerprint density at radius 2 is 2.16 bits per heavy atom. The Kier molecular flexibility index (Phi) is 4.59. The maximum Gasteiger partial charge on any atom is 0.227 e. The lowest BCUT2D eigenvalue weighted by Crippen LogP contribution is -2.49. The lowest BCUT2D eigenvalue weighted by atomic mass is 9.91. The highest BCUT2D eigenvalue weighted by Gasteiger charge is 2.28. The van der Waals surface area contributed by atoms with Gasteiger partial charge in [0.25, 0.3) is 0 Å². The number of likely N-dealkylation sites (tertiary alicyclic amines) is 1. The van der Waals surface area contributed by atoms with Gasteiger partial charge in [-0.2, -0.15) is 0 Å². The van der Waals surface area contributed by atoms with Crippen LogP contribution in [0.1, 0.15) is 30.9 Å². The zero-order chi connectivity index (χ0) is 13.8. The molecule has 1 aliphatic heterocycles. The first-order valence-corrected chi connectivity index (χ1v) is 7.16. The monoisotopic (exact) mass is 260 g/mol. The predicted molar refractivity (Wildman–Crippen MR) is 77.8 cm³/mol. The molecule has 3 nitrogen and oxygen atoms in total. The number of aryl methyl sites for hydroxylation is 1. The lowest BCUT2D eigenvalue weighted by Gasteiger charge is -2.38. The maximum atomic E-state index is 12.5. The molecule has 0 saturated carbocycles. The molecule has 0 radical (unpaired) electrons. The molecule has 1 aliphatic rings. The van der Waals surface area contributed by atoms with E-state index in [1.54, 1.807) is 0 Å². The highest BCUT2D eigenvalue weighted by molar-refractivity contribution is 5.79. The third-order valence-corrected chi connectivity index (χ3v) is 4.17. The zero-order valence-corrected chi connectivity index (χ0v) is 11.9. The Labute approximate surface area is 115 Å². The Morgan fingerprint density at radius 1 is 1.42 bits per heavy atom. The Balaban J connectivity index is 2.05. The van der Waals surface area contributed by atoms with Crippen molar-refractivity contribution in [3.63, 3.8) is 0 Å². The van der Waals surface area contributed by atoms with Gasteiger partial charge in [0.15, 0.2) is 0 Å². The molecule has 2 rings (SSSR count). The van der Waals surface area contributed by atoms with Crippen LogP contribution in [0.2, 0.25) is 0 Å². The molecule has 0 aromatic heterocycles. The summed E-state index contributed by atoms with van der Waals surface area (Å²) in [5.41, 5.74) is 8.14. The summed E-state index contributed by atoms with van der Waals surface area (Å²) in [6.45, 7) is 5.73. The van der Waals surface area contributed by atoms with Gasteiger partial charge in [-0.15, -0.1) is 0 Å². The third kappa shape index (κ3) is 3.35. The molecule has 104 valence electrons. The molecule has 0 bridgehead atoms. The quantitative estimate of drug-likeness (QED) is 0.905. The van der Waals surface area contributed by atoms with Gasteiger partial charge in [-0.3, -0.25) is 4.79 Å². The van der Waals surface area contributed by atoms with Crippen LogP contribution < -0.4 is 5.73 Å². The van der Waals surface area contributed by atoms with Gasteiger partial charge in [0.1, 0.15) is 0 Å². The minimum atomic E-state index is 0.219. The molecule has 1 aromatic rings. The fourth-order valence-electron chi connectivity index (χ4n) is 2.88. The molecule has 3 heteroatoms. The number of rotatable bonds is 3. The molecule has 1 amide bonds. The van der Waals surface area contributed by atoms with Gasteiger partial charge in [0.2, 0.25) is 5.91 Å². The van der Waals surface area contributed by atoms with Crippen molar-refractivity contribution in [3.05, 3.63) is 35.4 Å². The van der Waals surface area contributed by atoms with E-state index in [9.17, 15) is 4.79 Å². The fourth-order valence-corrected chi connectivity index (χ4v) is 2.88. The number of benzene rings is 1. The van der Waals surface area contributed by atoms with Crippen molar-refractivity contribution in [2.45, 2.75) is 39.2 Å². The molecule has 1 aromatic carbocycles. The number of hydrogen-bond donors (Lipinski definition) is 1. The smallest absolute Gasteiger partial charge is 0.227 e. The maximum absolute atomic E-state index is 12.5. The van der Waals surface area contributed by atoms with Crippen molar-refractivity contribution in [1.82, 2.24) is 4.90 Å². The standard InChI is InChI=1S/C16H24N2O/c1-12-7-8-18(15(9-12)11-17)16(19)10-14-6-4-3-5-13(14)2/h3-6,12,15H,7-11,17H2,1-2H3. The second kappa shape index (κ2) is 6.20. The summed E-state index contributed by atoms with van der Waals surface area (Å²) in [5, 5.41) is 0. The lowest BCUT2D eigenvalue weighted by molar-refractivity contribution is -0.134. The summed E-state index contributed by atoms with van der Waals surface area (Å²) < 4.78 is 0. The number of carbonyl (C=O) groups excluding carboxylic acids is 1. The van der Waals surface area contributed by atoms with Crippen LogP contribution in [-0.2, 0) is 11.2 Å². The number of hydrogen-bond acceptors (Lipinski definition) is 2. The average molecular weight is 260 g/mol. The highest BCUT2D eigenvalue weighted by Crippen LogP contribution is 2.23. The predicted octanol–water partition coefficient (Wildman–Crippen LogP) is 2.12. The van der Waals surface area contributed by atoms with Crippen molar-refractivity contribution in [2.24, 2.45) is 11.7 Å². The Hall–Kier alpha value is -1.35. The van der Waals surface area contributed by atoms with E-state index >= 15 is 0 Å². The van der Waals surface area contributed by atoms with E-state index in [2.05, 4.69) is 19.9 Å². The summed E-state index contributed by atoms with van der Waals surface area (Å²) in [6, 6.07) is 8.32. The average Bonchev–Trinajstić information content (AvgIpc) is 2.41. The zero-order valence-electron chi connectivity index (χ0n) is 11.9. The number of nitrogens with zero attached hydrogens (tertiary/aromatic N) is 1. The number of carbonyl (C=O) groups is 1. The van der Waals surface area contributed by atoms with E-state index in [4.69, 9.17) is 5.73 Å². The summed E-state index contributed by atoms with van der Waals surface area (Å²) in [4.78, 5) is 14.5. The van der Waals surface area contributed by atoms with Crippen LogP contribution in [0.4, 0.5) is 0 Å². The number of piperidine rings is 1. The number of nitrogens with two attached hydrogens (primary N) is 1. The van der Waals surface area contributed by atoms with Crippen molar-refractivity contribution in [2.75, 3.05) is 13.1 Å². The topological polar surface area (TPSA) is 46.3 Å². The van der Waals surface area contributed by atoms with Crippen LogP contribution in [0.15, 0.2) is 24.3 Å². The molecule has 0 spiro atoms. The van der Waals surface area contributed by atoms with Gasteiger partial charge in [-0.1, -0.05) is 31.2 Å². The van der Waals surface area contributed by atoms with E-state index in [0.717, 1.165) is 24.9 Å². The van der Waals surface area contributed by atoms with Crippen molar-refractivity contribution < 1.29 is 4.79 Å². The Bertz CT molecular complexity index is 444. The van der Waals surface area contributed by atoms with Crippen molar-refractivity contribution in [3.8, 4) is 0 Å². The minimum Gasteiger partial charge on any atom is -0.338 e. The SMILES string of the molecule is Cc1ccccc1CC(=O)N1CCC(C)CC1CN. The Morgan fingerprint density at radius 3 is 2.84 bits per heavy atom. The van der Waals surface area contributed by atoms with Gasteiger partial charge >= 0.3 is 0 Å². The van der Waals surface area contributed by atoms with E-state index in [1.165, 1.54) is 5.56 Å². The van der Waals surface area contributed by atoms with Gasteiger partial charge in [-0.05, 0) is 36.8 Å².